The molecule has 0 heterocycles. The molecule has 1 rings (SSSR count). The van der Waals surface area contributed by atoms with Crippen molar-refractivity contribution in [2.75, 3.05) is 18.1 Å². The zero-order chi connectivity index (χ0) is 14.3. The van der Waals surface area contributed by atoms with Crippen molar-refractivity contribution in [2.24, 2.45) is 0 Å². The number of benzene rings is 1. The molecule has 0 amide bonds. The van der Waals surface area contributed by atoms with Crippen molar-refractivity contribution in [1.82, 2.24) is 0 Å². The van der Waals surface area contributed by atoms with Gasteiger partial charge in [-0.2, -0.15) is 0 Å². The van der Waals surface area contributed by atoms with Gasteiger partial charge in [0, 0.05) is 5.75 Å². The molecule has 0 aliphatic rings. The van der Waals surface area contributed by atoms with Crippen LogP contribution >= 0.6 is 11.8 Å². The van der Waals surface area contributed by atoms with Gasteiger partial charge >= 0.3 is 12.3 Å². The minimum Gasteiger partial charge on any atom is -0.493 e. The number of rotatable bonds is 7. The largest absolute Gasteiger partial charge is 0.573 e. The molecule has 0 aliphatic carbocycles. The van der Waals surface area contributed by atoms with Crippen LogP contribution in [0.1, 0.15) is 0 Å². The highest BCUT2D eigenvalue weighted by Crippen LogP contribution is 2.24. The summed E-state index contributed by atoms with van der Waals surface area (Å²) in [5.41, 5.74) is 0. The van der Waals surface area contributed by atoms with Crippen LogP contribution in [0.25, 0.3) is 0 Å². The van der Waals surface area contributed by atoms with E-state index in [0.29, 0.717) is 11.5 Å². The molecule has 106 valence electrons. The van der Waals surface area contributed by atoms with Crippen LogP contribution in [0.3, 0.4) is 0 Å². The molecule has 0 atom stereocenters. The summed E-state index contributed by atoms with van der Waals surface area (Å²) < 4.78 is 44.6. The second-order valence-electron chi connectivity index (χ2n) is 3.31. The Morgan fingerprint density at radius 1 is 1.21 bits per heavy atom. The molecule has 0 unspecified atom stereocenters. The molecule has 0 spiro atoms. The first-order chi connectivity index (χ1) is 8.87. The van der Waals surface area contributed by atoms with Crippen LogP contribution in [-0.2, 0) is 4.79 Å². The topological polar surface area (TPSA) is 55.8 Å². The summed E-state index contributed by atoms with van der Waals surface area (Å²) in [5, 5.41) is 8.39. The van der Waals surface area contributed by atoms with E-state index >= 15 is 0 Å². The maximum absolute atomic E-state index is 11.9. The Morgan fingerprint density at radius 2 is 1.79 bits per heavy atom. The van der Waals surface area contributed by atoms with E-state index < -0.39 is 12.3 Å². The van der Waals surface area contributed by atoms with Gasteiger partial charge in [-0.05, 0) is 24.3 Å². The van der Waals surface area contributed by atoms with Gasteiger partial charge < -0.3 is 14.6 Å². The lowest BCUT2D eigenvalue weighted by atomic mass is 10.3. The smallest absolute Gasteiger partial charge is 0.493 e. The Bertz CT molecular complexity index is 405. The minimum absolute atomic E-state index is 0.0122. The maximum Gasteiger partial charge on any atom is 0.573 e. The standard InChI is InChI=1S/C11H11F3O4S/c12-11(13,14)18-9-3-1-8(2-4-9)17-5-6-19-7-10(15)16/h1-4H,5-7H2,(H,15,16). The molecule has 0 saturated carbocycles. The van der Waals surface area contributed by atoms with Crippen molar-refractivity contribution in [1.29, 1.82) is 0 Å². The van der Waals surface area contributed by atoms with E-state index in [1.807, 2.05) is 0 Å². The number of carboxylic acid groups (broad SMARTS) is 1. The van der Waals surface area contributed by atoms with E-state index in [4.69, 9.17) is 9.84 Å². The highest BCUT2D eigenvalue weighted by Gasteiger charge is 2.30. The number of hydrogen-bond acceptors (Lipinski definition) is 4. The van der Waals surface area contributed by atoms with Crippen LogP contribution in [0, 0.1) is 0 Å². The second kappa shape index (κ2) is 7.13. The number of carboxylic acids is 1. The van der Waals surface area contributed by atoms with Crippen molar-refractivity contribution >= 4 is 17.7 Å². The van der Waals surface area contributed by atoms with Crippen molar-refractivity contribution in [2.45, 2.75) is 6.36 Å². The Kier molecular flexibility index (Phi) is 5.81. The van der Waals surface area contributed by atoms with E-state index in [0.717, 1.165) is 12.1 Å². The molecule has 19 heavy (non-hydrogen) atoms. The number of carbonyl (C=O) groups is 1. The molecule has 0 saturated heterocycles. The van der Waals surface area contributed by atoms with Gasteiger partial charge in [-0.15, -0.1) is 24.9 Å². The lowest BCUT2D eigenvalue weighted by Crippen LogP contribution is -2.17. The Hall–Kier alpha value is -1.57. The molecule has 0 radical (unpaired) electrons. The highest BCUT2D eigenvalue weighted by molar-refractivity contribution is 7.99. The molecule has 1 aromatic rings. The number of aliphatic carboxylic acids is 1. The van der Waals surface area contributed by atoms with Crippen molar-refractivity contribution in [3.05, 3.63) is 24.3 Å². The lowest BCUT2D eigenvalue weighted by Gasteiger charge is -2.10. The fourth-order valence-corrected chi connectivity index (χ4v) is 1.64. The lowest BCUT2D eigenvalue weighted by molar-refractivity contribution is -0.274. The fraction of sp³-hybridized carbons (Fsp3) is 0.364. The summed E-state index contributed by atoms with van der Waals surface area (Å²) >= 11 is 1.19. The van der Waals surface area contributed by atoms with Crippen LogP contribution in [-0.4, -0.2) is 35.6 Å². The average Bonchev–Trinajstić information content (AvgIpc) is 2.28. The molecule has 4 nitrogen and oxygen atoms in total. The first-order valence-corrected chi connectivity index (χ1v) is 6.30. The van der Waals surface area contributed by atoms with E-state index in [1.165, 1.54) is 23.9 Å². The number of halogens is 3. The SMILES string of the molecule is O=C(O)CSCCOc1ccc(OC(F)(F)F)cc1. The summed E-state index contributed by atoms with van der Waals surface area (Å²) in [4.78, 5) is 10.2. The van der Waals surface area contributed by atoms with Crippen LogP contribution in [0.4, 0.5) is 13.2 Å². The molecule has 0 bridgehead atoms. The van der Waals surface area contributed by atoms with E-state index in [1.54, 1.807) is 0 Å². The summed E-state index contributed by atoms with van der Waals surface area (Å²) in [6.07, 6.45) is -4.71. The third-order valence-corrected chi connectivity index (χ3v) is 2.69. The Labute approximate surface area is 111 Å². The predicted octanol–water partition coefficient (Wildman–Crippen LogP) is 2.78. The number of hydrogen-bond donors (Lipinski definition) is 1. The van der Waals surface area contributed by atoms with Gasteiger partial charge in [0.1, 0.15) is 11.5 Å². The first-order valence-electron chi connectivity index (χ1n) is 5.15. The average molecular weight is 296 g/mol. The summed E-state index contributed by atoms with van der Waals surface area (Å²) in [6, 6.07) is 4.99. The maximum atomic E-state index is 11.9. The van der Waals surface area contributed by atoms with E-state index in [2.05, 4.69) is 4.74 Å². The highest BCUT2D eigenvalue weighted by atomic mass is 32.2. The molecular formula is C11H11F3O4S. The van der Waals surface area contributed by atoms with Crippen LogP contribution in [0.2, 0.25) is 0 Å². The number of thioether (sulfide) groups is 1. The molecule has 0 aliphatic heterocycles. The van der Waals surface area contributed by atoms with E-state index in [-0.39, 0.29) is 18.1 Å². The van der Waals surface area contributed by atoms with Gasteiger partial charge in [-0.25, -0.2) is 0 Å². The van der Waals surface area contributed by atoms with Gasteiger partial charge in [-0.1, -0.05) is 0 Å². The van der Waals surface area contributed by atoms with Crippen LogP contribution in [0.15, 0.2) is 24.3 Å². The third-order valence-electron chi connectivity index (χ3n) is 1.78. The zero-order valence-corrected chi connectivity index (χ0v) is 10.5. The Balaban J connectivity index is 2.30. The second-order valence-corrected chi connectivity index (χ2v) is 4.42. The predicted molar refractivity (Wildman–Crippen MR) is 63.6 cm³/mol. The molecule has 0 fully saturated rings. The van der Waals surface area contributed by atoms with Gasteiger partial charge in [0.15, 0.2) is 0 Å². The van der Waals surface area contributed by atoms with Crippen molar-refractivity contribution in [3.63, 3.8) is 0 Å². The van der Waals surface area contributed by atoms with E-state index in [9.17, 15) is 18.0 Å². The molecule has 1 aromatic carbocycles. The molecule has 0 aromatic heterocycles. The molecule has 1 N–H and O–H groups in total. The summed E-state index contributed by atoms with van der Waals surface area (Å²) in [6.45, 7) is 0.275. The molecular weight excluding hydrogens is 285 g/mol. The van der Waals surface area contributed by atoms with Crippen molar-refractivity contribution < 1.29 is 32.5 Å². The van der Waals surface area contributed by atoms with Crippen LogP contribution in [0.5, 0.6) is 11.5 Å². The monoisotopic (exact) mass is 296 g/mol. The first kappa shape index (κ1) is 15.5. The Morgan fingerprint density at radius 3 is 2.32 bits per heavy atom. The third kappa shape index (κ3) is 7.45. The van der Waals surface area contributed by atoms with Gasteiger partial charge in [0.2, 0.25) is 0 Å². The fourth-order valence-electron chi connectivity index (χ4n) is 1.12. The number of ether oxygens (including phenoxy) is 2. The zero-order valence-electron chi connectivity index (χ0n) is 9.64. The van der Waals surface area contributed by atoms with Gasteiger partial charge in [-0.3, -0.25) is 4.79 Å². The molecule has 8 heteroatoms. The summed E-state index contributed by atoms with van der Waals surface area (Å²) in [5.74, 6) is -0.362. The summed E-state index contributed by atoms with van der Waals surface area (Å²) in [7, 11) is 0. The quantitative estimate of drug-likeness (QED) is 0.784. The normalized spacial score (nSPS) is 11.1. The van der Waals surface area contributed by atoms with Crippen molar-refractivity contribution in [3.8, 4) is 11.5 Å². The van der Waals surface area contributed by atoms with Gasteiger partial charge in [0.05, 0.1) is 12.4 Å². The minimum atomic E-state index is -4.71. The number of alkyl halides is 3. The van der Waals surface area contributed by atoms with Crippen LogP contribution < -0.4 is 9.47 Å². The van der Waals surface area contributed by atoms with Gasteiger partial charge in [0.25, 0.3) is 0 Å².